The van der Waals surface area contributed by atoms with E-state index in [-0.39, 0.29) is 24.5 Å². The smallest absolute Gasteiger partial charge is 0.242 e. The van der Waals surface area contributed by atoms with Crippen LogP contribution >= 0.6 is 0 Å². The molecule has 0 saturated carbocycles. The van der Waals surface area contributed by atoms with Gasteiger partial charge < -0.3 is 15.7 Å². The van der Waals surface area contributed by atoms with Gasteiger partial charge in [-0.25, -0.2) is 0 Å². The summed E-state index contributed by atoms with van der Waals surface area (Å²) in [6.07, 6.45) is 0.732. The van der Waals surface area contributed by atoms with Gasteiger partial charge in [0.2, 0.25) is 5.91 Å². The van der Waals surface area contributed by atoms with Crippen LogP contribution in [-0.4, -0.2) is 30.2 Å². The lowest BCUT2D eigenvalue weighted by Gasteiger charge is -2.14. The van der Waals surface area contributed by atoms with Gasteiger partial charge in [-0.1, -0.05) is 25.1 Å². The van der Waals surface area contributed by atoms with Crippen molar-refractivity contribution in [2.75, 3.05) is 18.5 Å². The number of benzene rings is 1. The lowest BCUT2D eigenvalue weighted by atomic mass is 10.1. The fourth-order valence-corrected chi connectivity index (χ4v) is 1.92. The van der Waals surface area contributed by atoms with E-state index in [1.807, 2.05) is 31.2 Å². The molecule has 1 amide bonds. The first kappa shape index (κ1) is 11.9. The SMILES string of the molecule is CC(CO)CNC(=O)C1Cc2ccccc2N1. The standard InChI is InChI=1S/C13H18N2O2/c1-9(8-16)7-14-13(17)12-6-10-4-2-3-5-11(10)15-12/h2-5,9,12,15-16H,6-8H2,1H3,(H,14,17). The number of aliphatic hydroxyl groups excluding tert-OH is 1. The highest BCUT2D eigenvalue weighted by Gasteiger charge is 2.26. The summed E-state index contributed by atoms with van der Waals surface area (Å²) < 4.78 is 0. The minimum Gasteiger partial charge on any atom is -0.396 e. The fourth-order valence-electron chi connectivity index (χ4n) is 1.92. The lowest BCUT2D eigenvalue weighted by Crippen LogP contribution is -2.40. The van der Waals surface area contributed by atoms with Crippen molar-refractivity contribution < 1.29 is 9.90 Å². The predicted molar refractivity (Wildman–Crippen MR) is 66.8 cm³/mol. The number of aliphatic hydroxyl groups is 1. The molecule has 0 aliphatic carbocycles. The zero-order valence-electron chi connectivity index (χ0n) is 9.94. The second-order valence-electron chi connectivity index (χ2n) is 4.59. The van der Waals surface area contributed by atoms with E-state index in [0.717, 1.165) is 12.1 Å². The molecule has 1 aromatic carbocycles. The minimum absolute atomic E-state index is 0.00139. The Morgan fingerprint density at radius 3 is 3.06 bits per heavy atom. The highest BCUT2D eigenvalue weighted by molar-refractivity contribution is 5.87. The molecular formula is C13H18N2O2. The Morgan fingerprint density at radius 2 is 2.35 bits per heavy atom. The predicted octanol–water partition coefficient (Wildman–Crippen LogP) is 0.768. The number of fused-ring (bicyclic) bond motifs is 1. The number of anilines is 1. The van der Waals surface area contributed by atoms with Crippen molar-refractivity contribution in [3.63, 3.8) is 0 Å². The number of amides is 1. The van der Waals surface area contributed by atoms with E-state index in [9.17, 15) is 4.79 Å². The average molecular weight is 234 g/mol. The molecule has 4 heteroatoms. The summed E-state index contributed by atoms with van der Waals surface area (Å²) >= 11 is 0. The van der Waals surface area contributed by atoms with Gasteiger partial charge in [0.1, 0.15) is 6.04 Å². The van der Waals surface area contributed by atoms with Gasteiger partial charge in [-0.05, 0) is 17.5 Å². The van der Waals surface area contributed by atoms with E-state index in [0.29, 0.717) is 6.54 Å². The molecule has 0 bridgehead atoms. The van der Waals surface area contributed by atoms with Gasteiger partial charge in [0.15, 0.2) is 0 Å². The molecule has 0 fully saturated rings. The molecule has 17 heavy (non-hydrogen) atoms. The molecule has 0 aromatic heterocycles. The molecule has 2 unspecified atom stereocenters. The van der Waals surface area contributed by atoms with Gasteiger partial charge in [0.05, 0.1) is 0 Å². The normalized spacial score (nSPS) is 19.3. The third-order valence-corrected chi connectivity index (χ3v) is 3.02. The largest absolute Gasteiger partial charge is 0.396 e. The first-order valence-corrected chi connectivity index (χ1v) is 5.93. The van der Waals surface area contributed by atoms with E-state index >= 15 is 0 Å². The van der Waals surface area contributed by atoms with Crippen LogP contribution in [0.4, 0.5) is 5.69 Å². The van der Waals surface area contributed by atoms with Crippen molar-refractivity contribution in [2.45, 2.75) is 19.4 Å². The third-order valence-electron chi connectivity index (χ3n) is 3.02. The number of carbonyl (C=O) groups is 1. The lowest BCUT2D eigenvalue weighted by molar-refractivity contribution is -0.121. The van der Waals surface area contributed by atoms with Crippen LogP contribution in [0, 0.1) is 5.92 Å². The topological polar surface area (TPSA) is 61.4 Å². The van der Waals surface area contributed by atoms with Gasteiger partial charge >= 0.3 is 0 Å². The highest BCUT2D eigenvalue weighted by atomic mass is 16.3. The summed E-state index contributed by atoms with van der Waals surface area (Å²) in [6.45, 7) is 2.51. The molecule has 0 spiro atoms. The maximum atomic E-state index is 11.9. The molecular weight excluding hydrogens is 216 g/mol. The molecule has 2 atom stereocenters. The molecule has 1 aliphatic rings. The maximum absolute atomic E-state index is 11.9. The summed E-state index contributed by atoms with van der Waals surface area (Å²) in [5, 5.41) is 14.9. The zero-order chi connectivity index (χ0) is 12.3. The van der Waals surface area contributed by atoms with Crippen LogP contribution in [-0.2, 0) is 11.2 Å². The molecule has 4 nitrogen and oxygen atoms in total. The molecule has 0 radical (unpaired) electrons. The summed E-state index contributed by atoms with van der Waals surface area (Å²) in [6, 6.07) is 7.78. The van der Waals surface area contributed by atoms with Gasteiger partial charge in [-0.3, -0.25) is 4.79 Å². The summed E-state index contributed by atoms with van der Waals surface area (Å²) in [4.78, 5) is 11.9. The molecule has 3 N–H and O–H groups in total. The molecule has 92 valence electrons. The Kier molecular flexibility index (Phi) is 3.64. The quantitative estimate of drug-likeness (QED) is 0.721. The van der Waals surface area contributed by atoms with Crippen molar-refractivity contribution in [2.24, 2.45) is 5.92 Å². The third kappa shape index (κ3) is 2.77. The van der Waals surface area contributed by atoms with Crippen molar-refractivity contribution >= 4 is 11.6 Å². The van der Waals surface area contributed by atoms with Gasteiger partial charge in [-0.15, -0.1) is 0 Å². The number of hydrogen-bond donors (Lipinski definition) is 3. The van der Waals surface area contributed by atoms with Gasteiger partial charge in [0, 0.05) is 25.3 Å². The van der Waals surface area contributed by atoms with Crippen LogP contribution in [0.2, 0.25) is 0 Å². The molecule has 1 aliphatic heterocycles. The van der Waals surface area contributed by atoms with E-state index in [1.165, 1.54) is 5.56 Å². The Hall–Kier alpha value is -1.55. The number of hydrogen-bond acceptors (Lipinski definition) is 3. The second kappa shape index (κ2) is 5.19. The first-order chi connectivity index (χ1) is 8.20. The van der Waals surface area contributed by atoms with Crippen molar-refractivity contribution in [3.8, 4) is 0 Å². The molecule has 0 saturated heterocycles. The zero-order valence-corrected chi connectivity index (χ0v) is 9.94. The van der Waals surface area contributed by atoms with Crippen LogP contribution in [0.1, 0.15) is 12.5 Å². The molecule has 2 rings (SSSR count). The monoisotopic (exact) mass is 234 g/mol. The Bertz CT molecular complexity index is 381. The number of carbonyl (C=O) groups excluding carboxylic acids is 1. The summed E-state index contributed by atoms with van der Waals surface area (Å²) in [7, 11) is 0. The first-order valence-electron chi connectivity index (χ1n) is 5.93. The van der Waals surface area contributed by atoms with Crippen molar-refractivity contribution in [3.05, 3.63) is 29.8 Å². The maximum Gasteiger partial charge on any atom is 0.242 e. The van der Waals surface area contributed by atoms with Crippen LogP contribution in [0.15, 0.2) is 24.3 Å². The van der Waals surface area contributed by atoms with E-state index < -0.39 is 0 Å². The Labute approximate surface area is 101 Å². The molecule has 1 aromatic rings. The number of para-hydroxylation sites is 1. The molecule has 1 heterocycles. The number of nitrogens with one attached hydrogen (secondary N) is 2. The van der Waals surface area contributed by atoms with E-state index in [1.54, 1.807) is 0 Å². The number of rotatable bonds is 4. The second-order valence-corrected chi connectivity index (χ2v) is 4.59. The minimum atomic E-state index is -0.182. The van der Waals surface area contributed by atoms with Gasteiger partial charge in [0.25, 0.3) is 0 Å². The van der Waals surface area contributed by atoms with Crippen LogP contribution < -0.4 is 10.6 Å². The van der Waals surface area contributed by atoms with Crippen molar-refractivity contribution in [1.82, 2.24) is 5.32 Å². The average Bonchev–Trinajstić information content (AvgIpc) is 2.79. The Morgan fingerprint density at radius 1 is 1.59 bits per heavy atom. The van der Waals surface area contributed by atoms with Gasteiger partial charge in [-0.2, -0.15) is 0 Å². The van der Waals surface area contributed by atoms with Crippen LogP contribution in [0.25, 0.3) is 0 Å². The van der Waals surface area contributed by atoms with Crippen LogP contribution in [0.3, 0.4) is 0 Å². The summed E-state index contributed by atoms with van der Waals surface area (Å²) in [5.74, 6) is 0.101. The Balaban J connectivity index is 1.88. The van der Waals surface area contributed by atoms with E-state index in [2.05, 4.69) is 10.6 Å². The van der Waals surface area contributed by atoms with Crippen molar-refractivity contribution in [1.29, 1.82) is 0 Å². The van der Waals surface area contributed by atoms with Crippen LogP contribution in [0.5, 0.6) is 0 Å². The summed E-state index contributed by atoms with van der Waals surface area (Å²) in [5.41, 5.74) is 2.23. The van der Waals surface area contributed by atoms with E-state index in [4.69, 9.17) is 5.11 Å². The highest BCUT2D eigenvalue weighted by Crippen LogP contribution is 2.24. The fraction of sp³-hybridized carbons (Fsp3) is 0.462.